The van der Waals surface area contributed by atoms with Crippen LogP contribution < -0.4 is 10.2 Å². The lowest BCUT2D eigenvalue weighted by molar-refractivity contribution is -0.120. The molecule has 0 atom stereocenters. The molecule has 0 spiro atoms. The van der Waals surface area contributed by atoms with Gasteiger partial charge >= 0.3 is 0 Å². The Balaban J connectivity index is 1.40. The predicted octanol–water partition coefficient (Wildman–Crippen LogP) is 4.99. The molecule has 4 nitrogen and oxygen atoms in total. The molecule has 0 unspecified atom stereocenters. The number of nitrogens with zero attached hydrogens (tertiary/aromatic N) is 2. The molecule has 1 aliphatic heterocycles. The molecule has 1 aliphatic rings. The molecule has 2 aromatic carbocycles. The highest BCUT2D eigenvalue weighted by Gasteiger charge is 2.34. The van der Waals surface area contributed by atoms with Crippen LogP contribution in [0.4, 0.5) is 10.8 Å². The molecule has 128 valence electrons. The molecular weight excluding hydrogens is 377 g/mol. The highest BCUT2D eigenvalue weighted by molar-refractivity contribution is 7.22. The maximum absolute atomic E-state index is 12.4. The molecule has 0 saturated carbocycles. The first-order chi connectivity index (χ1) is 12.0. The van der Waals surface area contributed by atoms with E-state index in [9.17, 15) is 4.79 Å². The first-order valence-corrected chi connectivity index (χ1v) is 9.45. The van der Waals surface area contributed by atoms with Crippen LogP contribution in [-0.4, -0.2) is 24.0 Å². The van der Waals surface area contributed by atoms with E-state index in [-0.39, 0.29) is 11.8 Å². The number of aryl methyl sites for hydroxylation is 1. The second-order valence-corrected chi connectivity index (χ2v) is 8.01. The Morgan fingerprint density at radius 3 is 2.76 bits per heavy atom. The summed E-state index contributed by atoms with van der Waals surface area (Å²) in [5.74, 6) is -0.0604. The number of nitrogens with one attached hydrogen (secondary N) is 1. The smallest absolute Gasteiger partial charge is 0.231 e. The van der Waals surface area contributed by atoms with E-state index in [1.807, 2.05) is 6.07 Å². The van der Waals surface area contributed by atoms with Gasteiger partial charge < -0.3 is 10.2 Å². The van der Waals surface area contributed by atoms with Crippen molar-refractivity contribution in [3.8, 4) is 0 Å². The number of thiazole rings is 1. The third-order valence-corrected chi connectivity index (χ3v) is 6.06. The largest absolute Gasteiger partial charge is 0.346 e. The zero-order valence-corrected chi connectivity index (χ0v) is 15.8. The van der Waals surface area contributed by atoms with E-state index >= 15 is 0 Å². The summed E-state index contributed by atoms with van der Waals surface area (Å²) in [6.45, 7) is 3.42. The van der Waals surface area contributed by atoms with Crippen LogP contribution in [0.3, 0.4) is 0 Å². The average Bonchev–Trinajstić information content (AvgIpc) is 2.92. The quantitative estimate of drug-likeness (QED) is 0.683. The number of carbonyl (C=O) groups excluding carboxylic acids is 1. The Morgan fingerprint density at radius 2 is 2.00 bits per heavy atom. The minimum atomic E-state index is -0.0526. The number of carbonyl (C=O) groups is 1. The molecule has 1 amide bonds. The maximum atomic E-state index is 12.4. The number of aromatic nitrogens is 1. The third-order valence-electron chi connectivity index (χ3n) is 4.24. The van der Waals surface area contributed by atoms with Gasteiger partial charge in [0.25, 0.3) is 0 Å². The number of benzene rings is 2. The van der Waals surface area contributed by atoms with Gasteiger partial charge in [0.2, 0.25) is 5.91 Å². The summed E-state index contributed by atoms with van der Waals surface area (Å²) in [6, 6.07) is 11.3. The van der Waals surface area contributed by atoms with E-state index in [0.29, 0.717) is 28.8 Å². The Kier molecular flexibility index (Phi) is 4.31. The Labute approximate surface area is 159 Å². The van der Waals surface area contributed by atoms with Crippen molar-refractivity contribution in [1.29, 1.82) is 0 Å². The third kappa shape index (κ3) is 3.32. The molecule has 1 saturated heterocycles. The van der Waals surface area contributed by atoms with E-state index in [1.165, 1.54) is 10.3 Å². The van der Waals surface area contributed by atoms with Gasteiger partial charge in [0, 0.05) is 18.8 Å². The van der Waals surface area contributed by atoms with Gasteiger partial charge in [-0.2, -0.15) is 0 Å². The van der Waals surface area contributed by atoms with Crippen molar-refractivity contribution in [3.05, 3.63) is 52.0 Å². The van der Waals surface area contributed by atoms with Crippen LogP contribution in [0.5, 0.6) is 0 Å². The molecule has 25 heavy (non-hydrogen) atoms. The van der Waals surface area contributed by atoms with Crippen molar-refractivity contribution < 1.29 is 4.79 Å². The number of halogens is 2. The molecule has 4 rings (SSSR count). The van der Waals surface area contributed by atoms with Gasteiger partial charge in [-0.25, -0.2) is 4.98 Å². The van der Waals surface area contributed by atoms with Gasteiger partial charge in [-0.1, -0.05) is 40.6 Å². The Bertz CT molecular complexity index is 966. The molecule has 3 aromatic rings. The fourth-order valence-electron chi connectivity index (χ4n) is 2.77. The van der Waals surface area contributed by atoms with Crippen molar-refractivity contribution in [2.75, 3.05) is 23.3 Å². The summed E-state index contributed by atoms with van der Waals surface area (Å²) in [6.07, 6.45) is 0. The standard InChI is InChI=1S/C18H15Cl2N3OS/c1-10-2-5-15-16(6-10)25-18(22-15)23-8-11(9-23)17(24)21-12-3-4-13(19)14(20)7-12/h2-7,11H,8-9H2,1H3,(H,21,24). The van der Waals surface area contributed by atoms with Gasteiger partial charge in [-0.3, -0.25) is 4.79 Å². The minimum absolute atomic E-state index is 0.00778. The second-order valence-electron chi connectivity index (χ2n) is 6.19. The normalized spacial score (nSPS) is 14.6. The van der Waals surface area contributed by atoms with E-state index in [2.05, 4.69) is 34.3 Å². The van der Waals surface area contributed by atoms with Crippen LogP contribution >= 0.6 is 34.5 Å². The number of anilines is 2. The fraction of sp³-hybridized carbons (Fsp3) is 0.222. The Hall–Kier alpha value is -1.82. The number of hydrogen-bond donors (Lipinski definition) is 1. The monoisotopic (exact) mass is 391 g/mol. The number of fused-ring (bicyclic) bond motifs is 1. The predicted molar refractivity (Wildman–Crippen MR) is 105 cm³/mol. The summed E-state index contributed by atoms with van der Waals surface area (Å²) < 4.78 is 1.18. The van der Waals surface area contributed by atoms with Crippen LogP contribution in [0.25, 0.3) is 10.2 Å². The zero-order chi connectivity index (χ0) is 17.6. The summed E-state index contributed by atoms with van der Waals surface area (Å²) in [7, 11) is 0. The van der Waals surface area contributed by atoms with Gasteiger partial charge in [-0.05, 0) is 42.8 Å². The van der Waals surface area contributed by atoms with Crippen LogP contribution in [0.2, 0.25) is 10.0 Å². The average molecular weight is 392 g/mol. The fourth-order valence-corrected chi connectivity index (χ4v) is 4.15. The highest BCUT2D eigenvalue weighted by atomic mass is 35.5. The van der Waals surface area contributed by atoms with Gasteiger partial charge in [-0.15, -0.1) is 0 Å². The summed E-state index contributed by atoms with van der Waals surface area (Å²) in [5.41, 5.74) is 2.90. The molecule has 0 aliphatic carbocycles. The summed E-state index contributed by atoms with van der Waals surface area (Å²) >= 11 is 13.5. The summed E-state index contributed by atoms with van der Waals surface area (Å²) in [4.78, 5) is 19.1. The van der Waals surface area contributed by atoms with Crippen molar-refractivity contribution in [1.82, 2.24) is 4.98 Å². The number of hydrogen-bond acceptors (Lipinski definition) is 4. The maximum Gasteiger partial charge on any atom is 0.231 e. The lowest BCUT2D eigenvalue weighted by Gasteiger charge is -2.37. The van der Waals surface area contributed by atoms with Crippen molar-refractivity contribution in [2.45, 2.75) is 6.92 Å². The lowest BCUT2D eigenvalue weighted by atomic mass is 10.00. The topological polar surface area (TPSA) is 45.2 Å². The van der Waals surface area contributed by atoms with Crippen LogP contribution in [-0.2, 0) is 4.79 Å². The molecule has 7 heteroatoms. The number of amides is 1. The van der Waals surface area contributed by atoms with Crippen LogP contribution in [0, 0.1) is 12.8 Å². The molecule has 1 N–H and O–H groups in total. The number of rotatable bonds is 3. The van der Waals surface area contributed by atoms with E-state index in [1.54, 1.807) is 29.5 Å². The lowest BCUT2D eigenvalue weighted by Crippen LogP contribution is -2.52. The van der Waals surface area contributed by atoms with E-state index in [0.717, 1.165) is 10.6 Å². The second kappa shape index (κ2) is 6.48. The summed E-state index contributed by atoms with van der Waals surface area (Å²) in [5, 5.41) is 4.77. The van der Waals surface area contributed by atoms with Crippen molar-refractivity contribution in [3.63, 3.8) is 0 Å². The minimum Gasteiger partial charge on any atom is -0.346 e. The molecule has 0 bridgehead atoms. The molecule has 2 heterocycles. The SMILES string of the molecule is Cc1ccc2nc(N3CC(C(=O)Nc4ccc(Cl)c(Cl)c4)C3)sc2c1. The van der Waals surface area contributed by atoms with E-state index in [4.69, 9.17) is 23.2 Å². The zero-order valence-electron chi connectivity index (χ0n) is 13.4. The molecular formula is C18H15Cl2N3OS. The first kappa shape index (κ1) is 16.6. The van der Waals surface area contributed by atoms with Crippen molar-refractivity contribution >= 4 is 61.5 Å². The van der Waals surface area contributed by atoms with Gasteiger partial charge in [0.1, 0.15) is 0 Å². The highest BCUT2D eigenvalue weighted by Crippen LogP contribution is 2.34. The molecule has 0 radical (unpaired) electrons. The Morgan fingerprint density at radius 1 is 1.20 bits per heavy atom. The van der Waals surface area contributed by atoms with Crippen LogP contribution in [0.1, 0.15) is 5.56 Å². The van der Waals surface area contributed by atoms with E-state index < -0.39 is 0 Å². The van der Waals surface area contributed by atoms with Crippen LogP contribution in [0.15, 0.2) is 36.4 Å². The van der Waals surface area contributed by atoms with Crippen molar-refractivity contribution in [2.24, 2.45) is 5.92 Å². The molecule has 1 fully saturated rings. The first-order valence-electron chi connectivity index (χ1n) is 7.87. The van der Waals surface area contributed by atoms with Gasteiger partial charge in [0.05, 0.1) is 26.2 Å². The van der Waals surface area contributed by atoms with Gasteiger partial charge in [0.15, 0.2) is 5.13 Å². The molecule has 1 aromatic heterocycles.